The van der Waals surface area contributed by atoms with Gasteiger partial charge < -0.3 is 9.84 Å². The van der Waals surface area contributed by atoms with Crippen molar-refractivity contribution in [3.05, 3.63) is 28.8 Å². The highest BCUT2D eigenvalue weighted by Gasteiger charge is 2.17. The molecule has 0 aliphatic carbocycles. The molecule has 3 nitrogen and oxygen atoms in total. The molecule has 0 heterocycles. The van der Waals surface area contributed by atoms with Crippen LogP contribution in [0, 0.1) is 6.92 Å². The van der Waals surface area contributed by atoms with E-state index in [0.717, 1.165) is 0 Å². The fourth-order valence-corrected chi connectivity index (χ4v) is 1.59. The molecule has 6 heteroatoms. The number of hydrogen-bond acceptors (Lipinski definition) is 2. The molecule has 0 unspecified atom stereocenters. The maximum Gasteiger partial charge on any atom is 0.387 e. The molecule has 0 saturated heterocycles. The number of carboxylic acid groups (broad SMARTS) is 1. The number of hydrogen-bond donors (Lipinski definition) is 1. The van der Waals surface area contributed by atoms with Crippen molar-refractivity contribution < 1.29 is 23.4 Å². The molecular formula is C10H9ClF2O3. The summed E-state index contributed by atoms with van der Waals surface area (Å²) in [7, 11) is 0. The number of carboxylic acids is 1. The molecule has 88 valence electrons. The van der Waals surface area contributed by atoms with Crippen molar-refractivity contribution in [2.45, 2.75) is 19.4 Å². The predicted molar refractivity (Wildman–Crippen MR) is 54.3 cm³/mol. The number of aromatic carboxylic acids is 1. The molecule has 1 aromatic carbocycles. The van der Waals surface area contributed by atoms with Crippen LogP contribution in [0.4, 0.5) is 8.78 Å². The molecule has 0 bridgehead atoms. The van der Waals surface area contributed by atoms with Crippen LogP contribution in [-0.4, -0.2) is 17.7 Å². The summed E-state index contributed by atoms with van der Waals surface area (Å²) in [6, 6.07) is 2.69. The van der Waals surface area contributed by atoms with E-state index in [4.69, 9.17) is 16.7 Å². The van der Waals surface area contributed by atoms with Crippen LogP contribution in [-0.2, 0) is 5.88 Å². The Morgan fingerprint density at radius 3 is 2.62 bits per heavy atom. The molecule has 16 heavy (non-hydrogen) atoms. The van der Waals surface area contributed by atoms with Crippen LogP contribution in [0.15, 0.2) is 12.1 Å². The smallest absolute Gasteiger partial charge is 0.387 e. The second-order valence-corrected chi connectivity index (χ2v) is 3.37. The molecule has 0 spiro atoms. The molecule has 0 atom stereocenters. The van der Waals surface area contributed by atoms with Crippen molar-refractivity contribution in [3.8, 4) is 5.75 Å². The third-order valence-electron chi connectivity index (χ3n) is 1.93. The molecule has 0 amide bonds. The van der Waals surface area contributed by atoms with Crippen molar-refractivity contribution in [3.63, 3.8) is 0 Å². The summed E-state index contributed by atoms with van der Waals surface area (Å²) in [4.78, 5) is 10.9. The molecule has 1 N–H and O–H groups in total. The van der Waals surface area contributed by atoms with E-state index >= 15 is 0 Å². The molecule has 0 aromatic heterocycles. The largest absolute Gasteiger partial charge is 0.478 e. The maximum atomic E-state index is 12.1. The van der Waals surface area contributed by atoms with Crippen LogP contribution in [0.2, 0.25) is 0 Å². The summed E-state index contributed by atoms with van der Waals surface area (Å²) in [6.07, 6.45) is 0. The number of rotatable bonds is 4. The molecular weight excluding hydrogens is 242 g/mol. The first-order chi connectivity index (χ1) is 7.45. The van der Waals surface area contributed by atoms with E-state index in [1.807, 2.05) is 0 Å². The van der Waals surface area contributed by atoms with Gasteiger partial charge in [0, 0.05) is 5.56 Å². The lowest BCUT2D eigenvalue weighted by atomic mass is 10.0. The van der Waals surface area contributed by atoms with Crippen molar-refractivity contribution in [1.29, 1.82) is 0 Å². The number of alkyl halides is 3. The lowest BCUT2D eigenvalue weighted by molar-refractivity contribution is -0.0504. The van der Waals surface area contributed by atoms with E-state index in [9.17, 15) is 13.6 Å². The minimum atomic E-state index is -3.01. The Kier molecular flexibility index (Phi) is 4.06. The normalized spacial score (nSPS) is 10.6. The molecule has 0 fully saturated rings. The van der Waals surface area contributed by atoms with Crippen LogP contribution in [0.5, 0.6) is 5.75 Å². The van der Waals surface area contributed by atoms with Crippen molar-refractivity contribution in [2.24, 2.45) is 0 Å². The monoisotopic (exact) mass is 250 g/mol. The molecule has 0 radical (unpaired) electrons. The SMILES string of the molecule is Cc1cc(OC(F)F)c(CCl)c(C(=O)O)c1. The van der Waals surface area contributed by atoms with Gasteiger partial charge in [-0.15, -0.1) is 11.6 Å². The topological polar surface area (TPSA) is 46.5 Å². The standard InChI is InChI=1S/C10H9ClF2O3/c1-5-2-6(9(14)15)7(4-11)8(3-5)16-10(12)13/h2-3,10H,4H2,1H3,(H,14,15). The van der Waals surface area contributed by atoms with Crippen LogP contribution < -0.4 is 4.74 Å². The van der Waals surface area contributed by atoms with E-state index < -0.39 is 12.6 Å². The van der Waals surface area contributed by atoms with Crippen molar-refractivity contribution in [2.75, 3.05) is 0 Å². The first-order valence-corrected chi connectivity index (χ1v) is 4.86. The highest BCUT2D eigenvalue weighted by Crippen LogP contribution is 2.28. The first-order valence-electron chi connectivity index (χ1n) is 4.33. The van der Waals surface area contributed by atoms with Gasteiger partial charge in [0.1, 0.15) is 5.75 Å². The van der Waals surface area contributed by atoms with E-state index in [1.165, 1.54) is 12.1 Å². The number of benzene rings is 1. The third-order valence-corrected chi connectivity index (χ3v) is 2.20. The molecule has 1 aromatic rings. The van der Waals surface area contributed by atoms with Crippen molar-refractivity contribution in [1.82, 2.24) is 0 Å². The van der Waals surface area contributed by atoms with Gasteiger partial charge >= 0.3 is 12.6 Å². The van der Waals surface area contributed by atoms with Crippen molar-refractivity contribution >= 4 is 17.6 Å². The van der Waals surface area contributed by atoms with Gasteiger partial charge in [-0.3, -0.25) is 0 Å². The Morgan fingerprint density at radius 2 is 2.19 bits per heavy atom. The Balaban J connectivity index is 3.30. The summed E-state index contributed by atoms with van der Waals surface area (Å²) in [6.45, 7) is -1.42. The maximum absolute atomic E-state index is 12.1. The minimum Gasteiger partial charge on any atom is -0.478 e. The summed E-state index contributed by atoms with van der Waals surface area (Å²) >= 11 is 5.53. The fourth-order valence-electron chi connectivity index (χ4n) is 1.31. The number of halogens is 3. The van der Waals surface area contributed by atoms with Gasteiger partial charge in [-0.1, -0.05) is 0 Å². The van der Waals surface area contributed by atoms with Gasteiger partial charge in [0.2, 0.25) is 0 Å². The van der Waals surface area contributed by atoms with Crippen LogP contribution in [0.1, 0.15) is 21.5 Å². The van der Waals surface area contributed by atoms with Gasteiger partial charge in [0.15, 0.2) is 0 Å². The Morgan fingerprint density at radius 1 is 1.56 bits per heavy atom. The minimum absolute atomic E-state index is 0.0556. The fraction of sp³-hybridized carbons (Fsp3) is 0.300. The average Bonchev–Trinajstić information content (AvgIpc) is 2.15. The second kappa shape index (κ2) is 5.12. The molecule has 0 saturated carbocycles. The lowest BCUT2D eigenvalue weighted by Crippen LogP contribution is -2.09. The number of carbonyl (C=O) groups is 1. The van der Waals surface area contributed by atoms with Gasteiger partial charge in [0.25, 0.3) is 0 Å². The van der Waals surface area contributed by atoms with Gasteiger partial charge in [-0.25, -0.2) is 4.79 Å². The van der Waals surface area contributed by atoms with E-state index in [1.54, 1.807) is 6.92 Å². The lowest BCUT2D eigenvalue weighted by Gasteiger charge is -2.12. The van der Waals surface area contributed by atoms with E-state index in [-0.39, 0.29) is 22.8 Å². The van der Waals surface area contributed by atoms with E-state index in [2.05, 4.69) is 4.74 Å². The second-order valence-electron chi connectivity index (χ2n) is 3.11. The highest BCUT2D eigenvalue weighted by atomic mass is 35.5. The van der Waals surface area contributed by atoms with Crippen LogP contribution in [0.3, 0.4) is 0 Å². The molecule has 0 aliphatic rings. The van der Waals surface area contributed by atoms with E-state index in [0.29, 0.717) is 5.56 Å². The summed E-state index contributed by atoms with van der Waals surface area (Å²) < 4.78 is 28.4. The van der Waals surface area contributed by atoms with Gasteiger partial charge in [-0.05, 0) is 24.6 Å². The van der Waals surface area contributed by atoms with Gasteiger partial charge in [0.05, 0.1) is 11.4 Å². The van der Waals surface area contributed by atoms with Crippen LogP contribution in [0.25, 0.3) is 0 Å². The number of aryl methyl sites for hydroxylation is 1. The van der Waals surface area contributed by atoms with Crippen LogP contribution >= 0.6 is 11.6 Å². The predicted octanol–water partition coefficient (Wildman–Crippen LogP) is 3.03. The number of ether oxygens (including phenoxy) is 1. The third kappa shape index (κ3) is 2.82. The summed E-state index contributed by atoms with van der Waals surface area (Å²) in [5.74, 6) is -1.62. The Labute approximate surface area is 95.6 Å². The zero-order chi connectivity index (χ0) is 12.3. The highest BCUT2D eigenvalue weighted by molar-refractivity contribution is 6.18. The summed E-state index contributed by atoms with van der Waals surface area (Å²) in [5, 5.41) is 8.88. The first kappa shape index (κ1) is 12.7. The Bertz CT molecular complexity index is 407. The average molecular weight is 251 g/mol. The quantitative estimate of drug-likeness (QED) is 0.836. The summed E-state index contributed by atoms with van der Waals surface area (Å²) in [5.41, 5.74) is 0.452. The molecule has 1 rings (SSSR count). The Hall–Kier alpha value is -1.36. The zero-order valence-electron chi connectivity index (χ0n) is 8.34. The zero-order valence-corrected chi connectivity index (χ0v) is 9.09. The molecule has 0 aliphatic heterocycles. The van der Waals surface area contributed by atoms with Gasteiger partial charge in [-0.2, -0.15) is 8.78 Å².